The fourth-order valence-electron chi connectivity index (χ4n) is 2.36. The van der Waals surface area contributed by atoms with E-state index in [9.17, 15) is 13.6 Å². The molecule has 1 N–H and O–H groups in total. The maximum atomic E-state index is 13.1. The second kappa shape index (κ2) is 6.77. The summed E-state index contributed by atoms with van der Waals surface area (Å²) in [4.78, 5) is 10.5. The maximum Gasteiger partial charge on any atom is 0.328 e. The van der Waals surface area contributed by atoms with Gasteiger partial charge in [-0.3, -0.25) is 0 Å². The minimum Gasteiger partial charge on any atom is -0.493 e. The third-order valence-electron chi connectivity index (χ3n) is 3.56. The van der Waals surface area contributed by atoms with Crippen LogP contribution in [0.1, 0.15) is 31.2 Å². The van der Waals surface area contributed by atoms with Crippen molar-refractivity contribution in [2.45, 2.75) is 37.7 Å². The predicted octanol–water partition coefficient (Wildman–Crippen LogP) is 3.75. The number of hydrogen-bond donors (Lipinski definition) is 1. The Hall–Kier alpha value is -2.11. The summed E-state index contributed by atoms with van der Waals surface area (Å²) >= 11 is 0. The minimum absolute atomic E-state index is 0.167. The summed E-state index contributed by atoms with van der Waals surface area (Å²) in [7, 11) is 1.47. The minimum atomic E-state index is -2.59. The van der Waals surface area contributed by atoms with E-state index in [0.29, 0.717) is 29.9 Å². The summed E-state index contributed by atoms with van der Waals surface area (Å²) in [5.74, 6) is -2.70. The van der Waals surface area contributed by atoms with Gasteiger partial charge in [-0.1, -0.05) is 6.07 Å². The van der Waals surface area contributed by atoms with E-state index in [1.807, 2.05) is 0 Å². The van der Waals surface area contributed by atoms with Gasteiger partial charge in [-0.25, -0.2) is 13.6 Å². The molecule has 1 aromatic rings. The number of carbonyl (C=O) groups is 1. The third kappa shape index (κ3) is 4.44. The molecule has 0 spiro atoms. The van der Waals surface area contributed by atoms with Crippen molar-refractivity contribution in [1.29, 1.82) is 0 Å². The molecule has 0 radical (unpaired) electrons. The summed E-state index contributed by atoms with van der Waals surface area (Å²) < 4.78 is 37.2. The van der Waals surface area contributed by atoms with Gasteiger partial charge in [0.15, 0.2) is 11.5 Å². The first kappa shape index (κ1) is 16.3. The number of ether oxygens (including phenoxy) is 2. The van der Waals surface area contributed by atoms with Crippen molar-refractivity contribution >= 4 is 12.0 Å². The van der Waals surface area contributed by atoms with Gasteiger partial charge in [-0.15, -0.1) is 0 Å². The van der Waals surface area contributed by atoms with Crippen LogP contribution in [0.2, 0.25) is 0 Å². The summed E-state index contributed by atoms with van der Waals surface area (Å²) in [6, 6.07) is 4.99. The lowest BCUT2D eigenvalue weighted by Crippen LogP contribution is -2.30. The predicted molar refractivity (Wildman–Crippen MR) is 77.5 cm³/mol. The molecule has 1 fully saturated rings. The highest BCUT2D eigenvalue weighted by molar-refractivity contribution is 5.85. The highest BCUT2D eigenvalue weighted by Gasteiger charge is 2.35. The van der Waals surface area contributed by atoms with E-state index in [0.717, 1.165) is 6.08 Å². The molecule has 0 saturated heterocycles. The average molecular weight is 312 g/mol. The maximum absolute atomic E-state index is 13.1. The Morgan fingerprint density at radius 1 is 1.32 bits per heavy atom. The molecule has 1 aliphatic rings. The lowest BCUT2D eigenvalue weighted by molar-refractivity contribution is -0.131. The molecule has 0 bridgehead atoms. The van der Waals surface area contributed by atoms with Gasteiger partial charge < -0.3 is 14.6 Å². The molecule has 1 aliphatic carbocycles. The van der Waals surface area contributed by atoms with Gasteiger partial charge in [-0.2, -0.15) is 0 Å². The Morgan fingerprint density at radius 2 is 2.00 bits per heavy atom. The lowest BCUT2D eigenvalue weighted by Gasteiger charge is -2.29. The fraction of sp³-hybridized carbons (Fsp3) is 0.438. The molecule has 6 heteroatoms. The van der Waals surface area contributed by atoms with Crippen LogP contribution in [-0.2, 0) is 4.79 Å². The van der Waals surface area contributed by atoms with Crippen molar-refractivity contribution < 1.29 is 28.2 Å². The molecule has 120 valence electrons. The monoisotopic (exact) mass is 312 g/mol. The van der Waals surface area contributed by atoms with Crippen molar-refractivity contribution in [2.75, 3.05) is 7.11 Å². The van der Waals surface area contributed by atoms with E-state index >= 15 is 0 Å². The lowest BCUT2D eigenvalue weighted by atomic mass is 9.94. The summed E-state index contributed by atoms with van der Waals surface area (Å²) in [5, 5.41) is 8.61. The normalized spacial score (nSPS) is 18.3. The number of carboxylic acid groups (broad SMARTS) is 1. The van der Waals surface area contributed by atoms with Crippen molar-refractivity contribution in [1.82, 2.24) is 0 Å². The van der Waals surface area contributed by atoms with Crippen LogP contribution in [0.15, 0.2) is 24.3 Å². The van der Waals surface area contributed by atoms with Crippen LogP contribution < -0.4 is 9.47 Å². The Kier molecular flexibility index (Phi) is 5.00. The smallest absolute Gasteiger partial charge is 0.328 e. The first-order chi connectivity index (χ1) is 10.4. The first-order valence-electron chi connectivity index (χ1n) is 7.03. The molecule has 0 amide bonds. The largest absolute Gasteiger partial charge is 0.493 e. The molecule has 22 heavy (non-hydrogen) atoms. The van der Waals surface area contributed by atoms with E-state index in [-0.39, 0.29) is 18.9 Å². The van der Waals surface area contributed by atoms with E-state index in [1.165, 1.54) is 13.2 Å². The molecule has 0 aromatic heterocycles. The second-order valence-corrected chi connectivity index (χ2v) is 5.26. The standard InChI is InChI=1S/C16H18F2O4/c1-21-14-10-11(3-5-15(19)20)2-4-13(14)22-12-6-8-16(17,18)9-7-12/h2-5,10,12H,6-9H2,1H3,(H,19,20)/b5-3+. The van der Waals surface area contributed by atoms with Gasteiger partial charge in [0.1, 0.15) is 0 Å². The van der Waals surface area contributed by atoms with E-state index < -0.39 is 11.9 Å². The molecule has 1 saturated carbocycles. The number of methoxy groups -OCH3 is 1. The van der Waals surface area contributed by atoms with Gasteiger partial charge in [-0.05, 0) is 36.6 Å². The van der Waals surface area contributed by atoms with Crippen LogP contribution in [0.4, 0.5) is 8.78 Å². The van der Waals surface area contributed by atoms with Gasteiger partial charge in [0.25, 0.3) is 0 Å². The Bertz CT molecular complexity index is 559. The zero-order valence-electron chi connectivity index (χ0n) is 12.2. The summed E-state index contributed by atoms with van der Waals surface area (Å²) in [6.45, 7) is 0. The fourth-order valence-corrected chi connectivity index (χ4v) is 2.36. The number of carboxylic acids is 1. The third-order valence-corrected chi connectivity index (χ3v) is 3.56. The van der Waals surface area contributed by atoms with Crippen LogP contribution in [0.5, 0.6) is 11.5 Å². The van der Waals surface area contributed by atoms with Crippen LogP contribution >= 0.6 is 0 Å². The molecule has 0 heterocycles. The summed E-state index contributed by atoms with van der Waals surface area (Å²) in [5.41, 5.74) is 0.654. The number of hydrogen-bond acceptors (Lipinski definition) is 3. The van der Waals surface area contributed by atoms with Crippen molar-refractivity contribution in [3.63, 3.8) is 0 Å². The van der Waals surface area contributed by atoms with Crippen molar-refractivity contribution in [3.05, 3.63) is 29.8 Å². The first-order valence-corrected chi connectivity index (χ1v) is 7.03. The zero-order chi connectivity index (χ0) is 16.2. The van der Waals surface area contributed by atoms with Crippen LogP contribution in [0.25, 0.3) is 6.08 Å². The van der Waals surface area contributed by atoms with Gasteiger partial charge in [0, 0.05) is 18.9 Å². The Balaban J connectivity index is 2.06. The highest BCUT2D eigenvalue weighted by atomic mass is 19.3. The second-order valence-electron chi connectivity index (χ2n) is 5.26. The van der Waals surface area contributed by atoms with Gasteiger partial charge in [0.2, 0.25) is 5.92 Å². The van der Waals surface area contributed by atoms with Crippen molar-refractivity contribution in [3.8, 4) is 11.5 Å². The highest BCUT2D eigenvalue weighted by Crippen LogP contribution is 2.37. The van der Waals surface area contributed by atoms with Crippen molar-refractivity contribution in [2.24, 2.45) is 0 Å². The van der Waals surface area contributed by atoms with Crippen LogP contribution in [-0.4, -0.2) is 30.2 Å². The quantitative estimate of drug-likeness (QED) is 0.841. The Morgan fingerprint density at radius 3 is 2.59 bits per heavy atom. The molecule has 0 aliphatic heterocycles. The number of aliphatic carboxylic acids is 1. The van der Waals surface area contributed by atoms with Crippen LogP contribution in [0.3, 0.4) is 0 Å². The summed E-state index contributed by atoms with van der Waals surface area (Å²) in [6.07, 6.45) is 2.48. The molecular formula is C16H18F2O4. The number of alkyl halides is 2. The van der Waals surface area contributed by atoms with E-state index in [1.54, 1.807) is 18.2 Å². The van der Waals surface area contributed by atoms with Gasteiger partial charge in [0.05, 0.1) is 13.2 Å². The number of rotatable bonds is 5. The van der Waals surface area contributed by atoms with Crippen LogP contribution in [0, 0.1) is 0 Å². The number of benzene rings is 1. The Labute approximate surface area is 127 Å². The molecular weight excluding hydrogens is 294 g/mol. The van der Waals surface area contributed by atoms with E-state index in [4.69, 9.17) is 14.6 Å². The average Bonchev–Trinajstić information content (AvgIpc) is 2.48. The molecule has 2 rings (SSSR count). The van der Waals surface area contributed by atoms with E-state index in [2.05, 4.69) is 0 Å². The molecule has 0 atom stereocenters. The topological polar surface area (TPSA) is 55.8 Å². The SMILES string of the molecule is COc1cc(/C=C/C(=O)O)ccc1OC1CCC(F)(F)CC1. The zero-order valence-corrected chi connectivity index (χ0v) is 12.2. The molecule has 1 aromatic carbocycles. The molecule has 0 unspecified atom stereocenters. The van der Waals surface area contributed by atoms with Gasteiger partial charge >= 0.3 is 5.97 Å². The number of halogens is 2. The molecule has 4 nitrogen and oxygen atoms in total.